The maximum absolute atomic E-state index is 9.49. The number of hydrogen-bond acceptors (Lipinski definition) is 8. The highest BCUT2D eigenvalue weighted by Crippen LogP contribution is 2.32. The van der Waals surface area contributed by atoms with E-state index in [2.05, 4.69) is 10.1 Å². The molecule has 31 heavy (non-hydrogen) atoms. The second kappa shape index (κ2) is 8.68. The van der Waals surface area contributed by atoms with Crippen molar-refractivity contribution < 1.29 is 23.9 Å². The van der Waals surface area contributed by atoms with Crippen LogP contribution in [0.5, 0.6) is 5.75 Å². The molecule has 0 radical (unpaired) electrons. The maximum Gasteiger partial charge on any atom is 0.258 e. The van der Waals surface area contributed by atoms with Gasteiger partial charge in [-0.05, 0) is 48.9 Å². The van der Waals surface area contributed by atoms with Gasteiger partial charge in [0.15, 0.2) is 0 Å². The van der Waals surface area contributed by atoms with Gasteiger partial charge in [-0.3, -0.25) is 0 Å². The topological polar surface area (TPSA) is 128 Å². The van der Waals surface area contributed by atoms with Gasteiger partial charge in [-0.15, -0.1) is 0 Å². The molecule has 0 unspecified atom stereocenters. The van der Waals surface area contributed by atoms with Gasteiger partial charge in [0.25, 0.3) is 5.89 Å². The molecule has 4 rings (SSSR count). The zero-order chi connectivity index (χ0) is 22.0. The van der Waals surface area contributed by atoms with E-state index >= 15 is 0 Å². The molecule has 8 nitrogen and oxygen atoms in total. The van der Waals surface area contributed by atoms with Gasteiger partial charge in [0.1, 0.15) is 22.6 Å². The van der Waals surface area contributed by atoms with Crippen LogP contribution in [-0.2, 0) is 5.54 Å². The van der Waals surface area contributed by atoms with Crippen LogP contribution >= 0.6 is 11.6 Å². The van der Waals surface area contributed by atoms with Crippen LogP contribution in [0.15, 0.2) is 51.4 Å². The van der Waals surface area contributed by atoms with Gasteiger partial charge in [-0.2, -0.15) is 4.98 Å². The average molecular weight is 444 g/mol. The smallest absolute Gasteiger partial charge is 0.258 e. The normalized spacial score (nSPS) is 11.9. The summed E-state index contributed by atoms with van der Waals surface area (Å²) in [6, 6.07) is 12.3. The van der Waals surface area contributed by atoms with E-state index in [1.165, 1.54) is 0 Å². The van der Waals surface area contributed by atoms with Crippen molar-refractivity contribution in [3.63, 3.8) is 0 Å². The third kappa shape index (κ3) is 4.15. The first-order chi connectivity index (χ1) is 15.0. The molecule has 162 valence electrons. The van der Waals surface area contributed by atoms with Gasteiger partial charge >= 0.3 is 0 Å². The van der Waals surface area contributed by atoms with E-state index in [1.807, 2.05) is 19.1 Å². The molecule has 2 aromatic carbocycles. The van der Waals surface area contributed by atoms with Gasteiger partial charge in [0.05, 0.1) is 24.8 Å². The first-order valence-electron chi connectivity index (χ1n) is 9.79. The highest BCUT2D eigenvalue weighted by Gasteiger charge is 2.30. The van der Waals surface area contributed by atoms with Gasteiger partial charge in [-0.25, -0.2) is 0 Å². The Morgan fingerprint density at radius 3 is 2.58 bits per heavy atom. The number of aliphatic hydroxyl groups excluding tert-OH is 2. The molecule has 0 spiro atoms. The molecule has 0 aliphatic carbocycles. The van der Waals surface area contributed by atoms with Crippen LogP contribution in [0, 0.1) is 0 Å². The van der Waals surface area contributed by atoms with Gasteiger partial charge in [0, 0.05) is 16.5 Å². The third-order valence-electron chi connectivity index (χ3n) is 4.90. The summed E-state index contributed by atoms with van der Waals surface area (Å²) >= 11 is 6.30. The molecule has 0 aliphatic heterocycles. The molecule has 9 heteroatoms. The van der Waals surface area contributed by atoms with E-state index in [4.69, 9.17) is 31.0 Å². The summed E-state index contributed by atoms with van der Waals surface area (Å²) in [5, 5.41) is 24.2. The molecule has 4 N–H and O–H groups in total. The van der Waals surface area contributed by atoms with Gasteiger partial charge < -0.3 is 29.6 Å². The van der Waals surface area contributed by atoms with Crippen molar-refractivity contribution in [2.45, 2.75) is 18.9 Å². The summed E-state index contributed by atoms with van der Waals surface area (Å²) in [4.78, 5) is 4.47. The van der Waals surface area contributed by atoms with Crippen LogP contribution in [-0.4, -0.2) is 40.2 Å². The number of nitrogens with two attached hydrogens (primary N) is 1. The van der Waals surface area contributed by atoms with Crippen LogP contribution in [0.25, 0.3) is 33.8 Å². The summed E-state index contributed by atoms with van der Waals surface area (Å²) in [5.74, 6) is 1.62. The van der Waals surface area contributed by atoms with Gasteiger partial charge in [-0.1, -0.05) is 23.7 Å². The molecule has 0 atom stereocenters. The minimum Gasteiger partial charge on any atom is -0.492 e. The lowest BCUT2D eigenvalue weighted by atomic mass is 10.00. The van der Waals surface area contributed by atoms with Crippen LogP contribution in [0.1, 0.15) is 19.1 Å². The molecular formula is C22H22ClN3O5. The highest BCUT2D eigenvalue weighted by molar-refractivity contribution is 6.32. The molecule has 2 heterocycles. The number of furan rings is 1. The van der Waals surface area contributed by atoms with E-state index in [-0.39, 0.29) is 0 Å². The Morgan fingerprint density at radius 2 is 1.87 bits per heavy atom. The molecule has 0 aliphatic rings. The number of halogens is 1. The van der Waals surface area contributed by atoms with Crippen molar-refractivity contribution in [2.24, 2.45) is 5.73 Å². The highest BCUT2D eigenvalue weighted by atomic mass is 35.5. The number of rotatable bonds is 8. The molecule has 0 fully saturated rings. The van der Waals surface area contributed by atoms with E-state index in [0.29, 0.717) is 51.6 Å². The average Bonchev–Trinajstić information content (AvgIpc) is 3.45. The Balaban J connectivity index is 1.62. The molecule has 0 bridgehead atoms. The predicted molar refractivity (Wildman–Crippen MR) is 116 cm³/mol. The van der Waals surface area contributed by atoms with Gasteiger partial charge in [0.2, 0.25) is 5.82 Å². The van der Waals surface area contributed by atoms with Crippen molar-refractivity contribution in [1.82, 2.24) is 10.1 Å². The summed E-state index contributed by atoms with van der Waals surface area (Å²) < 4.78 is 16.7. The molecule has 0 saturated carbocycles. The molecule has 4 aromatic rings. The van der Waals surface area contributed by atoms with Crippen LogP contribution < -0.4 is 10.5 Å². The number of nitrogens with zero attached hydrogens (tertiary/aromatic N) is 2. The first-order valence-corrected chi connectivity index (χ1v) is 10.2. The fraction of sp³-hybridized carbons (Fsp3) is 0.273. The largest absolute Gasteiger partial charge is 0.492 e. The Bertz CT molecular complexity index is 1200. The molecular weight excluding hydrogens is 422 g/mol. The fourth-order valence-corrected chi connectivity index (χ4v) is 3.29. The van der Waals surface area contributed by atoms with Crippen molar-refractivity contribution in [3.8, 4) is 28.6 Å². The Kier molecular flexibility index (Phi) is 5.97. The van der Waals surface area contributed by atoms with Crippen molar-refractivity contribution in [3.05, 3.63) is 53.2 Å². The lowest BCUT2D eigenvalue weighted by Crippen LogP contribution is -2.43. The number of fused-ring (bicyclic) bond motifs is 1. The van der Waals surface area contributed by atoms with Crippen molar-refractivity contribution in [2.75, 3.05) is 19.8 Å². The lowest BCUT2D eigenvalue weighted by molar-refractivity contribution is 0.105. The molecule has 0 saturated heterocycles. The zero-order valence-electron chi connectivity index (χ0n) is 16.8. The fourth-order valence-electron chi connectivity index (χ4n) is 3.05. The van der Waals surface area contributed by atoms with E-state index in [1.54, 1.807) is 30.3 Å². The van der Waals surface area contributed by atoms with Crippen molar-refractivity contribution >= 4 is 22.6 Å². The summed E-state index contributed by atoms with van der Waals surface area (Å²) in [6.07, 6.45) is 0.889. The second-order valence-corrected chi connectivity index (χ2v) is 7.66. The minimum absolute atomic E-state index is 0.290. The number of benzene rings is 2. The predicted octanol–water partition coefficient (Wildman–Crippen LogP) is 3.73. The first kappa shape index (κ1) is 21.3. The minimum atomic E-state index is -1.36. The maximum atomic E-state index is 9.49. The Labute approximate surface area is 183 Å². The summed E-state index contributed by atoms with van der Waals surface area (Å²) in [6.45, 7) is 1.71. The van der Waals surface area contributed by atoms with Crippen LogP contribution in [0.4, 0.5) is 0 Å². The summed E-state index contributed by atoms with van der Waals surface area (Å²) in [7, 11) is 0. The Hall–Kier alpha value is -2.91. The van der Waals surface area contributed by atoms with Crippen molar-refractivity contribution in [1.29, 1.82) is 0 Å². The molecule has 0 amide bonds. The number of aliphatic hydroxyl groups is 2. The number of aromatic nitrogens is 2. The quantitative estimate of drug-likeness (QED) is 0.376. The molecule has 2 aromatic heterocycles. The van der Waals surface area contributed by atoms with E-state index in [0.717, 1.165) is 11.8 Å². The lowest BCUT2D eigenvalue weighted by Gasteiger charge is -2.21. The Morgan fingerprint density at radius 1 is 1.10 bits per heavy atom. The third-order valence-corrected chi connectivity index (χ3v) is 5.19. The number of hydrogen-bond donors (Lipinski definition) is 3. The van der Waals surface area contributed by atoms with Crippen LogP contribution in [0.3, 0.4) is 0 Å². The van der Waals surface area contributed by atoms with E-state index in [9.17, 15) is 10.2 Å². The zero-order valence-corrected chi connectivity index (χ0v) is 17.6. The number of ether oxygens (including phenoxy) is 1. The van der Waals surface area contributed by atoms with E-state index < -0.39 is 18.8 Å². The summed E-state index contributed by atoms with van der Waals surface area (Å²) in [5.41, 5.74) is 6.59. The monoisotopic (exact) mass is 443 g/mol. The van der Waals surface area contributed by atoms with Crippen LogP contribution in [0.2, 0.25) is 5.02 Å². The SMILES string of the molecule is CCCOc1ccc(-c2nc(-c3ccc4oc(C(N)(CO)CO)cc4c3)no2)cc1Cl. The second-order valence-electron chi connectivity index (χ2n) is 7.25. The standard InChI is InChI=1S/C22H22ClN3O5/c1-2-7-29-18-6-4-14(9-16(18)23)21-25-20(26-31-21)13-3-5-17-15(8-13)10-19(30-17)22(24,11-27)12-28/h3-6,8-10,27-28H,2,7,11-12,24H2,1H3.